The SMILES string of the molecule is CN=C(NCc1cccc(COCc2ccccc2)c1)NCc1nc(C(F)(F)F)cs1.I. The molecule has 0 unspecified atom stereocenters. The van der Waals surface area contributed by atoms with Crippen molar-refractivity contribution in [1.29, 1.82) is 0 Å². The van der Waals surface area contributed by atoms with Crippen LogP contribution in [0.25, 0.3) is 0 Å². The van der Waals surface area contributed by atoms with Crippen molar-refractivity contribution in [1.82, 2.24) is 15.6 Å². The van der Waals surface area contributed by atoms with Gasteiger partial charge in [0.05, 0.1) is 19.8 Å². The van der Waals surface area contributed by atoms with E-state index >= 15 is 0 Å². The molecule has 0 aliphatic rings. The van der Waals surface area contributed by atoms with Crippen molar-refractivity contribution in [2.24, 2.45) is 4.99 Å². The van der Waals surface area contributed by atoms with Gasteiger partial charge in [0.25, 0.3) is 0 Å². The van der Waals surface area contributed by atoms with Crippen molar-refractivity contribution in [3.8, 4) is 0 Å². The van der Waals surface area contributed by atoms with Gasteiger partial charge in [-0.15, -0.1) is 35.3 Å². The van der Waals surface area contributed by atoms with Gasteiger partial charge in [-0.25, -0.2) is 4.98 Å². The Morgan fingerprint density at radius 2 is 1.62 bits per heavy atom. The van der Waals surface area contributed by atoms with Crippen LogP contribution >= 0.6 is 35.3 Å². The van der Waals surface area contributed by atoms with E-state index in [4.69, 9.17) is 4.74 Å². The third kappa shape index (κ3) is 8.40. The van der Waals surface area contributed by atoms with Gasteiger partial charge >= 0.3 is 6.18 Å². The van der Waals surface area contributed by atoms with Gasteiger partial charge in [-0.1, -0.05) is 54.6 Å². The Morgan fingerprint density at radius 1 is 0.969 bits per heavy atom. The lowest BCUT2D eigenvalue weighted by Crippen LogP contribution is -2.36. The molecule has 1 aromatic heterocycles. The molecule has 0 bridgehead atoms. The van der Waals surface area contributed by atoms with E-state index < -0.39 is 11.9 Å². The maximum absolute atomic E-state index is 12.7. The van der Waals surface area contributed by atoms with Crippen molar-refractivity contribution in [3.63, 3.8) is 0 Å². The summed E-state index contributed by atoms with van der Waals surface area (Å²) < 4.78 is 43.7. The van der Waals surface area contributed by atoms with Gasteiger partial charge in [0.15, 0.2) is 11.7 Å². The zero-order valence-electron chi connectivity index (χ0n) is 17.4. The lowest BCUT2D eigenvalue weighted by atomic mass is 10.1. The van der Waals surface area contributed by atoms with Crippen LogP contribution in [0.3, 0.4) is 0 Å². The summed E-state index contributed by atoms with van der Waals surface area (Å²) in [7, 11) is 1.60. The number of hydrogen-bond donors (Lipinski definition) is 2. The minimum atomic E-state index is -4.43. The molecule has 5 nitrogen and oxygen atoms in total. The van der Waals surface area contributed by atoms with Crippen LogP contribution in [-0.2, 0) is 37.2 Å². The fourth-order valence-corrected chi connectivity index (χ4v) is 3.52. The lowest BCUT2D eigenvalue weighted by Gasteiger charge is -2.12. The first-order chi connectivity index (χ1) is 14.9. The number of rotatable bonds is 8. The van der Waals surface area contributed by atoms with E-state index in [0.29, 0.717) is 30.7 Å². The molecule has 0 atom stereocenters. The van der Waals surface area contributed by atoms with E-state index in [-0.39, 0.29) is 30.5 Å². The zero-order chi connectivity index (χ0) is 22.1. The number of nitrogens with one attached hydrogen (secondary N) is 2. The molecular formula is C22H24F3IN4OS. The van der Waals surface area contributed by atoms with Crippen molar-refractivity contribution >= 4 is 41.3 Å². The summed E-state index contributed by atoms with van der Waals surface area (Å²) in [4.78, 5) is 7.71. The number of aliphatic imine (C=N–C) groups is 1. The van der Waals surface area contributed by atoms with Gasteiger partial charge in [0, 0.05) is 19.0 Å². The van der Waals surface area contributed by atoms with Crippen LogP contribution in [-0.4, -0.2) is 18.0 Å². The van der Waals surface area contributed by atoms with E-state index in [1.54, 1.807) is 7.05 Å². The van der Waals surface area contributed by atoms with Gasteiger partial charge in [-0.3, -0.25) is 4.99 Å². The Morgan fingerprint density at radius 3 is 2.31 bits per heavy atom. The highest BCUT2D eigenvalue weighted by molar-refractivity contribution is 14.0. The molecule has 3 aromatic rings. The number of aromatic nitrogens is 1. The summed E-state index contributed by atoms with van der Waals surface area (Å²) in [6.45, 7) is 1.72. The Bertz CT molecular complexity index is 996. The molecule has 2 aromatic carbocycles. The summed E-state index contributed by atoms with van der Waals surface area (Å²) in [6.07, 6.45) is -4.43. The van der Waals surface area contributed by atoms with Crippen LogP contribution in [0.4, 0.5) is 13.2 Å². The molecule has 32 heavy (non-hydrogen) atoms. The van der Waals surface area contributed by atoms with Gasteiger partial charge in [0.2, 0.25) is 0 Å². The van der Waals surface area contributed by atoms with Gasteiger partial charge < -0.3 is 15.4 Å². The maximum atomic E-state index is 12.7. The molecule has 3 rings (SSSR count). The molecule has 2 N–H and O–H groups in total. The molecule has 0 spiro atoms. The number of benzene rings is 2. The summed E-state index contributed by atoms with van der Waals surface area (Å²) in [6, 6.07) is 18.0. The largest absolute Gasteiger partial charge is 0.434 e. The van der Waals surface area contributed by atoms with Crippen LogP contribution < -0.4 is 10.6 Å². The molecule has 0 saturated carbocycles. The van der Waals surface area contributed by atoms with Crippen molar-refractivity contribution in [2.45, 2.75) is 32.5 Å². The van der Waals surface area contributed by atoms with E-state index in [1.807, 2.05) is 54.6 Å². The number of alkyl halides is 3. The molecule has 1 heterocycles. The first kappa shape index (κ1) is 26.1. The first-order valence-electron chi connectivity index (χ1n) is 9.59. The maximum Gasteiger partial charge on any atom is 0.434 e. The molecule has 0 aliphatic heterocycles. The van der Waals surface area contributed by atoms with Crippen LogP contribution in [0.15, 0.2) is 65.0 Å². The van der Waals surface area contributed by atoms with Gasteiger partial charge in [-0.05, 0) is 16.7 Å². The Kier molecular flexibility index (Phi) is 10.4. The second-order valence-electron chi connectivity index (χ2n) is 6.70. The Labute approximate surface area is 206 Å². The highest BCUT2D eigenvalue weighted by Crippen LogP contribution is 2.29. The molecule has 0 saturated heterocycles. The average Bonchev–Trinajstić information content (AvgIpc) is 3.25. The molecule has 0 fully saturated rings. The second-order valence-corrected chi connectivity index (χ2v) is 7.64. The van der Waals surface area contributed by atoms with Crippen LogP contribution in [0.1, 0.15) is 27.4 Å². The van der Waals surface area contributed by atoms with Crippen molar-refractivity contribution < 1.29 is 17.9 Å². The fourth-order valence-electron chi connectivity index (χ4n) is 2.78. The van der Waals surface area contributed by atoms with E-state index in [0.717, 1.165) is 33.4 Å². The number of hydrogen-bond acceptors (Lipinski definition) is 4. The highest BCUT2D eigenvalue weighted by Gasteiger charge is 2.33. The van der Waals surface area contributed by atoms with Crippen molar-refractivity contribution in [3.05, 3.63) is 87.4 Å². The van der Waals surface area contributed by atoms with Gasteiger partial charge in [0.1, 0.15) is 5.01 Å². The Balaban J connectivity index is 0.00000363. The smallest absolute Gasteiger partial charge is 0.372 e. The molecule has 0 radical (unpaired) electrons. The quantitative estimate of drug-likeness (QED) is 0.216. The van der Waals surface area contributed by atoms with Crippen molar-refractivity contribution in [2.75, 3.05) is 7.05 Å². The predicted octanol–water partition coefficient (Wildman–Crippen LogP) is 5.36. The second kappa shape index (κ2) is 12.8. The lowest BCUT2D eigenvalue weighted by molar-refractivity contribution is -0.140. The van der Waals surface area contributed by atoms with Crippen LogP contribution in [0.2, 0.25) is 0 Å². The number of halogens is 4. The summed E-state index contributed by atoms with van der Waals surface area (Å²) in [5.41, 5.74) is 2.35. The molecule has 10 heteroatoms. The third-order valence-electron chi connectivity index (χ3n) is 4.30. The molecular weight excluding hydrogens is 552 g/mol. The highest BCUT2D eigenvalue weighted by atomic mass is 127. The number of thiazole rings is 1. The standard InChI is InChI=1S/C22H23F3N4OS.HI/c1-26-21(28-12-20-29-19(15-31-20)22(23,24)25)27-11-17-8-5-9-18(10-17)14-30-13-16-6-3-2-4-7-16;/h2-10,15H,11-14H2,1H3,(H2,26,27,28);1H. The van der Waals surface area contributed by atoms with E-state index in [1.165, 1.54) is 0 Å². The topological polar surface area (TPSA) is 58.5 Å². The first-order valence-corrected chi connectivity index (χ1v) is 10.5. The number of nitrogens with zero attached hydrogens (tertiary/aromatic N) is 2. The Hall–Kier alpha value is -2.18. The summed E-state index contributed by atoms with van der Waals surface area (Å²) >= 11 is 0.961. The minimum absolute atomic E-state index is 0. The number of guanidine groups is 1. The molecule has 0 amide bonds. The van der Waals surface area contributed by atoms with Crippen LogP contribution in [0, 0.1) is 0 Å². The van der Waals surface area contributed by atoms with E-state index in [9.17, 15) is 13.2 Å². The van der Waals surface area contributed by atoms with Gasteiger partial charge in [-0.2, -0.15) is 13.2 Å². The monoisotopic (exact) mass is 576 g/mol. The zero-order valence-corrected chi connectivity index (χ0v) is 20.5. The number of ether oxygens (including phenoxy) is 1. The van der Waals surface area contributed by atoms with Crippen LogP contribution in [0.5, 0.6) is 0 Å². The third-order valence-corrected chi connectivity index (χ3v) is 5.15. The minimum Gasteiger partial charge on any atom is -0.372 e. The molecule has 172 valence electrons. The predicted molar refractivity (Wildman–Crippen MR) is 131 cm³/mol. The normalized spacial score (nSPS) is 11.7. The summed E-state index contributed by atoms with van der Waals surface area (Å²) in [5.74, 6) is 0.481. The van der Waals surface area contributed by atoms with E-state index in [2.05, 4.69) is 20.6 Å². The molecule has 0 aliphatic carbocycles. The average molecular weight is 576 g/mol. The summed E-state index contributed by atoms with van der Waals surface area (Å²) in [5, 5.41) is 7.49. The fraction of sp³-hybridized carbons (Fsp3) is 0.273.